The van der Waals surface area contributed by atoms with Crippen molar-refractivity contribution in [1.29, 1.82) is 5.26 Å². The van der Waals surface area contributed by atoms with Gasteiger partial charge < -0.3 is 14.9 Å². The second-order valence-corrected chi connectivity index (χ2v) is 3.18. The molecule has 0 N–H and O–H groups in total. The summed E-state index contributed by atoms with van der Waals surface area (Å²) in [6.45, 7) is 0. The van der Waals surface area contributed by atoms with Gasteiger partial charge in [-0.25, -0.2) is 4.98 Å². The van der Waals surface area contributed by atoms with Crippen LogP contribution < -0.4 is 4.74 Å². The predicted molar refractivity (Wildman–Crippen MR) is 59.9 cm³/mol. The van der Waals surface area contributed by atoms with Crippen molar-refractivity contribution in [3.63, 3.8) is 0 Å². The van der Waals surface area contributed by atoms with Gasteiger partial charge in [0.1, 0.15) is 12.3 Å². The number of nitro groups is 1. The Labute approximate surface area is 101 Å². The van der Waals surface area contributed by atoms with E-state index >= 15 is 0 Å². The van der Waals surface area contributed by atoms with Gasteiger partial charge in [0.25, 0.3) is 0 Å². The maximum absolute atomic E-state index is 10.7. The topological polar surface area (TPSA) is 102 Å². The zero-order valence-corrected chi connectivity index (χ0v) is 8.98. The molecule has 0 unspecified atom stereocenters. The first-order valence-corrected chi connectivity index (χ1v) is 4.84. The monoisotopic (exact) mass is 242 g/mol. The molecule has 2 aromatic rings. The molecule has 0 aliphatic carbocycles. The molecule has 7 nitrogen and oxygen atoms in total. The van der Waals surface area contributed by atoms with Gasteiger partial charge in [0.15, 0.2) is 0 Å². The molecule has 0 saturated carbocycles. The number of pyridine rings is 2. The summed E-state index contributed by atoms with van der Waals surface area (Å²) >= 11 is 0. The van der Waals surface area contributed by atoms with Crippen LogP contribution in [0.15, 0.2) is 36.7 Å². The summed E-state index contributed by atoms with van der Waals surface area (Å²) in [4.78, 5) is 17.5. The van der Waals surface area contributed by atoms with Gasteiger partial charge in [0.2, 0.25) is 11.6 Å². The lowest BCUT2D eigenvalue weighted by Crippen LogP contribution is -1.96. The van der Waals surface area contributed by atoms with Crippen molar-refractivity contribution in [3.05, 3.63) is 52.3 Å². The van der Waals surface area contributed by atoms with Crippen LogP contribution in [0.5, 0.6) is 11.6 Å². The Morgan fingerprint density at radius 1 is 1.33 bits per heavy atom. The Morgan fingerprint density at radius 2 is 2.17 bits per heavy atom. The molecular formula is C11H6N4O3. The number of hydrogen-bond acceptors (Lipinski definition) is 6. The number of aromatic nitrogens is 2. The first kappa shape index (κ1) is 11.5. The van der Waals surface area contributed by atoms with Gasteiger partial charge >= 0.3 is 5.82 Å². The van der Waals surface area contributed by atoms with Crippen LogP contribution in [0.4, 0.5) is 5.82 Å². The third kappa shape index (κ3) is 2.38. The highest BCUT2D eigenvalue weighted by Gasteiger charge is 2.16. The minimum Gasteiger partial charge on any atom is -0.430 e. The molecule has 0 radical (unpaired) electrons. The van der Waals surface area contributed by atoms with Crippen molar-refractivity contribution in [2.45, 2.75) is 0 Å². The van der Waals surface area contributed by atoms with Gasteiger partial charge in [0.05, 0.1) is 5.56 Å². The van der Waals surface area contributed by atoms with Crippen molar-refractivity contribution in [1.82, 2.24) is 9.97 Å². The molecule has 0 atom stereocenters. The Kier molecular flexibility index (Phi) is 3.11. The summed E-state index contributed by atoms with van der Waals surface area (Å²) < 4.78 is 5.25. The van der Waals surface area contributed by atoms with Crippen LogP contribution in [-0.2, 0) is 0 Å². The van der Waals surface area contributed by atoms with Crippen LogP contribution in [0.25, 0.3) is 0 Å². The van der Waals surface area contributed by atoms with Crippen LogP contribution in [0, 0.1) is 21.4 Å². The maximum atomic E-state index is 10.7. The first-order valence-electron chi connectivity index (χ1n) is 4.84. The average molecular weight is 242 g/mol. The normalized spacial score (nSPS) is 9.50. The van der Waals surface area contributed by atoms with Gasteiger partial charge in [-0.1, -0.05) is 0 Å². The molecule has 0 fully saturated rings. The largest absolute Gasteiger partial charge is 0.430 e. The second kappa shape index (κ2) is 4.88. The summed E-state index contributed by atoms with van der Waals surface area (Å²) in [6.07, 6.45) is 2.62. The molecule has 0 aliphatic rings. The van der Waals surface area contributed by atoms with E-state index in [0.29, 0.717) is 5.56 Å². The highest BCUT2D eigenvalue weighted by Crippen LogP contribution is 2.27. The summed E-state index contributed by atoms with van der Waals surface area (Å²) in [6, 6.07) is 7.81. The highest BCUT2D eigenvalue weighted by atomic mass is 16.6. The van der Waals surface area contributed by atoms with E-state index in [0.717, 1.165) is 0 Å². The van der Waals surface area contributed by atoms with Crippen molar-refractivity contribution in [2.75, 3.05) is 0 Å². The Morgan fingerprint density at radius 3 is 2.78 bits per heavy atom. The molecule has 0 amide bonds. The molecule has 18 heavy (non-hydrogen) atoms. The highest BCUT2D eigenvalue weighted by molar-refractivity contribution is 5.41. The van der Waals surface area contributed by atoms with Crippen LogP contribution >= 0.6 is 0 Å². The third-order valence-corrected chi connectivity index (χ3v) is 2.00. The standard InChI is InChI=1S/C11H6N4O3/c12-6-8-3-4-10(14-7-8)18-9-2-1-5-13-11(9)15(16)17/h1-5,7H. The average Bonchev–Trinajstić information content (AvgIpc) is 2.40. The fraction of sp³-hybridized carbons (Fsp3) is 0. The number of nitriles is 1. The van der Waals surface area contributed by atoms with E-state index in [2.05, 4.69) is 9.97 Å². The zero-order chi connectivity index (χ0) is 13.0. The number of ether oxygens (including phenoxy) is 1. The van der Waals surface area contributed by atoms with Gasteiger partial charge in [-0.2, -0.15) is 5.26 Å². The fourth-order valence-corrected chi connectivity index (χ4v) is 1.22. The van der Waals surface area contributed by atoms with Crippen molar-refractivity contribution < 1.29 is 9.66 Å². The Hall–Kier alpha value is -3.01. The lowest BCUT2D eigenvalue weighted by molar-refractivity contribution is -0.390. The number of rotatable bonds is 3. The van der Waals surface area contributed by atoms with Crippen LogP contribution in [-0.4, -0.2) is 14.9 Å². The summed E-state index contributed by atoms with van der Waals surface area (Å²) in [5.41, 5.74) is 0.378. The maximum Gasteiger partial charge on any atom is 0.406 e. The van der Waals surface area contributed by atoms with Gasteiger partial charge in [0, 0.05) is 12.3 Å². The van der Waals surface area contributed by atoms with E-state index in [1.807, 2.05) is 6.07 Å². The van der Waals surface area contributed by atoms with Crippen molar-refractivity contribution in [3.8, 4) is 17.7 Å². The number of hydrogen-bond donors (Lipinski definition) is 0. The quantitative estimate of drug-likeness (QED) is 0.602. The zero-order valence-electron chi connectivity index (χ0n) is 8.98. The fourth-order valence-electron chi connectivity index (χ4n) is 1.22. The van der Waals surface area contributed by atoms with E-state index in [4.69, 9.17) is 10.00 Å². The summed E-state index contributed by atoms with van der Waals surface area (Å²) in [5.74, 6) is -0.228. The SMILES string of the molecule is N#Cc1ccc(Oc2cccnc2[N+](=O)[O-])nc1. The van der Waals surface area contributed by atoms with Crippen LogP contribution in [0.2, 0.25) is 0 Å². The lowest BCUT2D eigenvalue weighted by Gasteiger charge is -2.03. The van der Waals surface area contributed by atoms with E-state index in [1.165, 1.54) is 36.7 Å². The molecule has 0 spiro atoms. The molecule has 0 aliphatic heterocycles. The van der Waals surface area contributed by atoms with Gasteiger partial charge in [-0.3, -0.25) is 0 Å². The smallest absolute Gasteiger partial charge is 0.406 e. The Balaban J connectivity index is 2.28. The molecule has 2 heterocycles. The summed E-state index contributed by atoms with van der Waals surface area (Å²) in [5, 5.41) is 19.3. The first-order chi connectivity index (χ1) is 8.70. The molecule has 0 aromatic carbocycles. The molecular weight excluding hydrogens is 236 g/mol. The third-order valence-electron chi connectivity index (χ3n) is 2.00. The molecule has 7 heteroatoms. The van der Waals surface area contributed by atoms with E-state index in [1.54, 1.807) is 0 Å². The minimum atomic E-state index is -0.640. The van der Waals surface area contributed by atoms with E-state index in [-0.39, 0.29) is 17.4 Å². The lowest BCUT2D eigenvalue weighted by atomic mass is 10.3. The molecule has 88 valence electrons. The second-order valence-electron chi connectivity index (χ2n) is 3.18. The minimum absolute atomic E-state index is 0.000271. The molecule has 0 bridgehead atoms. The van der Waals surface area contributed by atoms with Gasteiger partial charge in [-0.05, 0) is 28.1 Å². The van der Waals surface area contributed by atoms with Crippen LogP contribution in [0.1, 0.15) is 5.56 Å². The predicted octanol–water partition coefficient (Wildman–Crippen LogP) is 2.05. The Bertz CT molecular complexity index is 619. The van der Waals surface area contributed by atoms with Crippen LogP contribution in [0.3, 0.4) is 0 Å². The molecule has 2 rings (SSSR count). The van der Waals surface area contributed by atoms with E-state index < -0.39 is 4.92 Å². The van der Waals surface area contributed by atoms with E-state index in [9.17, 15) is 10.1 Å². The van der Waals surface area contributed by atoms with Gasteiger partial charge in [-0.15, -0.1) is 0 Å². The number of nitrogens with zero attached hydrogens (tertiary/aromatic N) is 4. The summed E-state index contributed by atoms with van der Waals surface area (Å²) in [7, 11) is 0. The molecule has 0 saturated heterocycles. The molecule has 2 aromatic heterocycles. The van der Waals surface area contributed by atoms with Crippen molar-refractivity contribution >= 4 is 5.82 Å². The van der Waals surface area contributed by atoms with Crippen molar-refractivity contribution in [2.24, 2.45) is 0 Å².